The van der Waals surface area contributed by atoms with E-state index in [1.54, 1.807) is 30.9 Å². The Labute approximate surface area is 120 Å². The molecule has 1 amide bonds. The molecule has 20 heavy (non-hydrogen) atoms. The minimum Gasteiger partial charge on any atom is -0.476 e. The van der Waals surface area contributed by atoms with Gasteiger partial charge in [0, 0.05) is 12.2 Å². The molecule has 0 atom stereocenters. The highest BCUT2D eigenvalue weighted by atomic mass is 16.5. The monoisotopic (exact) mass is 277 g/mol. The van der Waals surface area contributed by atoms with E-state index in [1.165, 1.54) is 0 Å². The van der Waals surface area contributed by atoms with Gasteiger partial charge < -0.3 is 20.3 Å². The number of benzene rings is 1. The molecule has 0 aromatic heterocycles. The number of amides is 1. The first-order valence-corrected chi connectivity index (χ1v) is 6.86. The molecule has 0 saturated heterocycles. The molecule has 1 aliphatic rings. The summed E-state index contributed by atoms with van der Waals surface area (Å²) in [5.74, 6) is 0.697. The van der Waals surface area contributed by atoms with Crippen LogP contribution in [0.25, 0.3) is 0 Å². The van der Waals surface area contributed by atoms with Crippen LogP contribution in [0.3, 0.4) is 0 Å². The van der Waals surface area contributed by atoms with Crippen LogP contribution in [0, 0.1) is 0 Å². The number of ether oxygens (including phenoxy) is 1. The summed E-state index contributed by atoms with van der Waals surface area (Å²) in [4.78, 5) is 16.4. The summed E-state index contributed by atoms with van der Waals surface area (Å²) in [6.07, 6.45) is 0.906. The molecular weight excluding hydrogens is 254 g/mol. The number of nitrogens with two attached hydrogens (primary N) is 1. The molecule has 0 unspecified atom stereocenters. The first-order valence-electron chi connectivity index (χ1n) is 6.86. The number of fused-ring (bicyclic) bond motifs is 1. The number of carbonyl (C=O) groups is 1. The van der Waals surface area contributed by atoms with Crippen LogP contribution in [-0.4, -0.2) is 43.6 Å². The Morgan fingerprint density at radius 3 is 2.70 bits per heavy atom. The second kappa shape index (κ2) is 5.32. The molecule has 5 heteroatoms. The number of hydrogen-bond donors (Lipinski definition) is 1. The lowest BCUT2D eigenvalue weighted by Gasteiger charge is -2.39. The van der Waals surface area contributed by atoms with E-state index in [0.717, 1.165) is 18.7 Å². The third kappa shape index (κ3) is 2.88. The second-order valence-electron chi connectivity index (χ2n) is 5.95. The van der Waals surface area contributed by atoms with Crippen LogP contribution < -0.4 is 15.4 Å². The molecular formula is C15H23N3O2. The zero-order chi connectivity index (χ0) is 14.9. The topological polar surface area (TPSA) is 58.8 Å². The highest BCUT2D eigenvalue weighted by Gasteiger charge is 2.40. The Kier molecular flexibility index (Phi) is 3.90. The first kappa shape index (κ1) is 14.7. The Morgan fingerprint density at radius 1 is 1.35 bits per heavy atom. The average Bonchev–Trinajstić information content (AvgIpc) is 2.34. The van der Waals surface area contributed by atoms with Crippen molar-refractivity contribution in [2.75, 3.05) is 37.8 Å². The van der Waals surface area contributed by atoms with Gasteiger partial charge in [-0.1, -0.05) is 0 Å². The highest BCUT2D eigenvalue weighted by Crippen LogP contribution is 2.38. The summed E-state index contributed by atoms with van der Waals surface area (Å²) in [5, 5.41) is 0. The van der Waals surface area contributed by atoms with Gasteiger partial charge in [-0.05, 0) is 59.1 Å². The Morgan fingerprint density at radius 2 is 2.05 bits per heavy atom. The SMILES string of the molecule is CN(C)CCCN1C(=O)C(C)(C)Oc2ccc(N)cc21. The molecule has 0 saturated carbocycles. The van der Waals surface area contributed by atoms with Gasteiger partial charge in [0.25, 0.3) is 5.91 Å². The van der Waals surface area contributed by atoms with Crippen molar-refractivity contribution in [3.8, 4) is 5.75 Å². The van der Waals surface area contributed by atoms with Crippen LogP contribution >= 0.6 is 0 Å². The van der Waals surface area contributed by atoms with Crippen molar-refractivity contribution >= 4 is 17.3 Å². The summed E-state index contributed by atoms with van der Waals surface area (Å²) in [7, 11) is 4.05. The van der Waals surface area contributed by atoms with Gasteiger partial charge in [0.05, 0.1) is 5.69 Å². The maximum absolute atomic E-state index is 12.5. The molecule has 2 rings (SSSR count). The van der Waals surface area contributed by atoms with Gasteiger partial charge in [0.2, 0.25) is 0 Å². The molecule has 1 aromatic rings. The van der Waals surface area contributed by atoms with Gasteiger partial charge >= 0.3 is 0 Å². The summed E-state index contributed by atoms with van der Waals surface area (Å²) in [6.45, 7) is 5.20. The number of carbonyl (C=O) groups excluding carboxylic acids is 1. The Balaban J connectivity index is 2.28. The van der Waals surface area contributed by atoms with Crippen LogP contribution in [0.1, 0.15) is 20.3 Å². The number of hydrogen-bond acceptors (Lipinski definition) is 4. The number of rotatable bonds is 4. The highest BCUT2D eigenvalue weighted by molar-refractivity contribution is 6.02. The van der Waals surface area contributed by atoms with Crippen molar-refractivity contribution in [1.82, 2.24) is 4.90 Å². The normalized spacial score (nSPS) is 17.1. The van der Waals surface area contributed by atoms with Crippen LogP contribution in [-0.2, 0) is 4.79 Å². The fourth-order valence-electron chi connectivity index (χ4n) is 2.35. The Bertz CT molecular complexity index is 512. The van der Waals surface area contributed by atoms with E-state index in [4.69, 9.17) is 10.5 Å². The van der Waals surface area contributed by atoms with Crippen molar-refractivity contribution in [1.29, 1.82) is 0 Å². The maximum Gasteiger partial charge on any atom is 0.270 e. The summed E-state index contributed by atoms with van der Waals surface area (Å²) in [6, 6.07) is 5.43. The molecule has 0 spiro atoms. The molecule has 0 aliphatic carbocycles. The van der Waals surface area contributed by atoms with Crippen molar-refractivity contribution in [2.45, 2.75) is 25.9 Å². The summed E-state index contributed by atoms with van der Waals surface area (Å²) < 4.78 is 5.79. The minimum atomic E-state index is -0.832. The van der Waals surface area contributed by atoms with Gasteiger partial charge in [0.15, 0.2) is 5.60 Å². The standard InChI is InChI=1S/C15H23N3O2/c1-15(2)14(19)18(9-5-8-17(3)4)12-10-11(16)6-7-13(12)20-15/h6-7,10H,5,8-9,16H2,1-4H3. The largest absolute Gasteiger partial charge is 0.476 e. The van der Waals surface area contributed by atoms with Gasteiger partial charge in [-0.3, -0.25) is 4.79 Å². The lowest BCUT2D eigenvalue weighted by molar-refractivity contribution is -0.132. The van der Waals surface area contributed by atoms with Crippen molar-refractivity contribution < 1.29 is 9.53 Å². The Hall–Kier alpha value is -1.75. The first-order chi connectivity index (χ1) is 9.31. The van der Waals surface area contributed by atoms with E-state index >= 15 is 0 Å². The third-order valence-electron chi connectivity index (χ3n) is 3.39. The predicted octanol–water partition coefficient (Wildman–Crippen LogP) is 1.72. The van der Waals surface area contributed by atoms with E-state index in [9.17, 15) is 4.79 Å². The fourth-order valence-corrected chi connectivity index (χ4v) is 2.35. The number of nitrogens with zero attached hydrogens (tertiary/aromatic N) is 2. The quantitative estimate of drug-likeness (QED) is 0.851. The van der Waals surface area contributed by atoms with E-state index in [1.807, 2.05) is 20.2 Å². The molecule has 5 nitrogen and oxygen atoms in total. The van der Waals surface area contributed by atoms with E-state index in [2.05, 4.69) is 4.90 Å². The maximum atomic E-state index is 12.5. The van der Waals surface area contributed by atoms with E-state index in [-0.39, 0.29) is 5.91 Å². The van der Waals surface area contributed by atoms with Crippen LogP contribution in [0.5, 0.6) is 5.75 Å². The van der Waals surface area contributed by atoms with Crippen molar-refractivity contribution in [3.63, 3.8) is 0 Å². The van der Waals surface area contributed by atoms with Gasteiger partial charge in [-0.15, -0.1) is 0 Å². The van der Waals surface area contributed by atoms with Crippen molar-refractivity contribution in [3.05, 3.63) is 18.2 Å². The van der Waals surface area contributed by atoms with Crippen LogP contribution in [0.4, 0.5) is 11.4 Å². The molecule has 1 heterocycles. The molecule has 1 aromatic carbocycles. The van der Waals surface area contributed by atoms with Gasteiger partial charge in [-0.25, -0.2) is 0 Å². The summed E-state index contributed by atoms with van der Waals surface area (Å²) in [5.41, 5.74) is 6.41. The second-order valence-corrected chi connectivity index (χ2v) is 5.95. The molecule has 2 N–H and O–H groups in total. The van der Waals surface area contributed by atoms with E-state index < -0.39 is 5.60 Å². The zero-order valence-corrected chi connectivity index (χ0v) is 12.6. The molecule has 110 valence electrons. The molecule has 1 aliphatic heterocycles. The van der Waals surface area contributed by atoms with Gasteiger partial charge in [0.1, 0.15) is 5.75 Å². The number of nitrogen functional groups attached to an aromatic ring is 1. The van der Waals surface area contributed by atoms with Crippen LogP contribution in [0.15, 0.2) is 18.2 Å². The number of anilines is 2. The zero-order valence-electron chi connectivity index (χ0n) is 12.6. The van der Waals surface area contributed by atoms with Crippen LogP contribution in [0.2, 0.25) is 0 Å². The third-order valence-corrected chi connectivity index (χ3v) is 3.39. The molecule has 0 bridgehead atoms. The van der Waals surface area contributed by atoms with Gasteiger partial charge in [-0.2, -0.15) is 0 Å². The van der Waals surface area contributed by atoms with Crippen molar-refractivity contribution in [2.24, 2.45) is 0 Å². The summed E-state index contributed by atoms with van der Waals surface area (Å²) >= 11 is 0. The average molecular weight is 277 g/mol. The minimum absolute atomic E-state index is 0.0191. The molecule has 0 fully saturated rings. The van der Waals surface area contributed by atoms with E-state index in [0.29, 0.717) is 18.0 Å². The lowest BCUT2D eigenvalue weighted by Crippen LogP contribution is -2.53. The lowest BCUT2D eigenvalue weighted by atomic mass is 10.0. The smallest absolute Gasteiger partial charge is 0.270 e. The fraction of sp³-hybridized carbons (Fsp3) is 0.533. The predicted molar refractivity (Wildman–Crippen MR) is 81.1 cm³/mol. The molecule has 0 radical (unpaired) electrons.